The van der Waals surface area contributed by atoms with Gasteiger partial charge in [0.25, 0.3) is 0 Å². The SMILES string of the molecule is CCC[CH]C1CCCCCC1. The average molecular weight is 153 g/mol. The Bertz CT molecular complexity index is 78.0. The summed E-state index contributed by atoms with van der Waals surface area (Å²) in [5, 5.41) is 0. The predicted molar refractivity (Wildman–Crippen MR) is 50.4 cm³/mol. The second-order valence-electron chi connectivity index (χ2n) is 3.78. The lowest BCUT2D eigenvalue weighted by atomic mass is 9.94. The Morgan fingerprint density at radius 1 is 1.09 bits per heavy atom. The molecule has 1 aliphatic rings. The van der Waals surface area contributed by atoms with Crippen LogP contribution < -0.4 is 0 Å². The third-order valence-electron chi connectivity index (χ3n) is 2.69. The summed E-state index contributed by atoms with van der Waals surface area (Å²) in [6.07, 6.45) is 14.1. The molecule has 1 saturated carbocycles. The van der Waals surface area contributed by atoms with Crippen molar-refractivity contribution in [2.24, 2.45) is 5.92 Å². The van der Waals surface area contributed by atoms with Crippen LogP contribution >= 0.6 is 0 Å². The van der Waals surface area contributed by atoms with Crippen molar-refractivity contribution in [3.05, 3.63) is 6.42 Å². The first-order valence-electron chi connectivity index (χ1n) is 5.27. The first-order valence-corrected chi connectivity index (χ1v) is 5.27. The van der Waals surface area contributed by atoms with E-state index in [4.69, 9.17) is 0 Å². The second kappa shape index (κ2) is 5.62. The monoisotopic (exact) mass is 153 g/mol. The highest BCUT2D eigenvalue weighted by atomic mass is 14.2. The van der Waals surface area contributed by atoms with Crippen LogP contribution in [0.5, 0.6) is 0 Å². The summed E-state index contributed by atoms with van der Waals surface area (Å²) in [5.74, 6) is 0.970. The van der Waals surface area contributed by atoms with Crippen LogP contribution in [0.3, 0.4) is 0 Å². The first kappa shape index (κ1) is 9.09. The molecular weight excluding hydrogens is 132 g/mol. The van der Waals surface area contributed by atoms with Crippen LogP contribution in [-0.2, 0) is 0 Å². The van der Waals surface area contributed by atoms with Gasteiger partial charge in [-0.05, 0) is 12.3 Å². The van der Waals surface area contributed by atoms with E-state index >= 15 is 0 Å². The summed E-state index contributed by atoms with van der Waals surface area (Å²) in [7, 11) is 0. The van der Waals surface area contributed by atoms with Crippen molar-refractivity contribution in [1.82, 2.24) is 0 Å². The summed E-state index contributed by atoms with van der Waals surface area (Å²) in [4.78, 5) is 0. The molecule has 11 heavy (non-hydrogen) atoms. The highest BCUT2D eigenvalue weighted by Gasteiger charge is 2.10. The fourth-order valence-corrected chi connectivity index (χ4v) is 1.95. The van der Waals surface area contributed by atoms with Crippen molar-refractivity contribution >= 4 is 0 Å². The number of unbranched alkanes of at least 4 members (excludes halogenated alkanes) is 1. The van der Waals surface area contributed by atoms with Gasteiger partial charge in [-0.25, -0.2) is 0 Å². The van der Waals surface area contributed by atoms with E-state index < -0.39 is 0 Å². The minimum absolute atomic E-state index is 0.970. The van der Waals surface area contributed by atoms with Crippen LogP contribution in [-0.4, -0.2) is 0 Å². The molecule has 1 radical (unpaired) electrons. The molecule has 1 rings (SSSR count). The second-order valence-corrected chi connectivity index (χ2v) is 3.78. The molecule has 1 aliphatic carbocycles. The van der Waals surface area contributed by atoms with Crippen molar-refractivity contribution in [2.75, 3.05) is 0 Å². The molecule has 0 aromatic heterocycles. The summed E-state index contributed by atoms with van der Waals surface area (Å²) < 4.78 is 0. The molecule has 0 heteroatoms. The lowest BCUT2D eigenvalue weighted by Crippen LogP contribution is -1.98. The Balaban J connectivity index is 2.09. The molecule has 0 N–H and O–H groups in total. The molecule has 0 unspecified atom stereocenters. The maximum Gasteiger partial charge on any atom is -0.0355 e. The zero-order valence-corrected chi connectivity index (χ0v) is 7.81. The van der Waals surface area contributed by atoms with Crippen molar-refractivity contribution in [3.63, 3.8) is 0 Å². The zero-order valence-electron chi connectivity index (χ0n) is 7.81. The molecule has 0 bridgehead atoms. The van der Waals surface area contributed by atoms with Gasteiger partial charge < -0.3 is 0 Å². The molecule has 65 valence electrons. The minimum atomic E-state index is 0.970. The molecule has 0 amide bonds. The molecule has 0 atom stereocenters. The van der Waals surface area contributed by atoms with E-state index in [1.54, 1.807) is 0 Å². The van der Waals surface area contributed by atoms with Crippen LogP contribution in [0.25, 0.3) is 0 Å². The normalized spacial score (nSPS) is 21.5. The van der Waals surface area contributed by atoms with Gasteiger partial charge in [0, 0.05) is 0 Å². The van der Waals surface area contributed by atoms with E-state index in [9.17, 15) is 0 Å². The van der Waals surface area contributed by atoms with Gasteiger partial charge in [-0.1, -0.05) is 58.3 Å². The van der Waals surface area contributed by atoms with Crippen LogP contribution in [0.1, 0.15) is 58.3 Å². The topological polar surface area (TPSA) is 0 Å². The number of rotatable bonds is 3. The van der Waals surface area contributed by atoms with Gasteiger partial charge in [0.1, 0.15) is 0 Å². The van der Waals surface area contributed by atoms with Gasteiger partial charge in [0.05, 0.1) is 0 Å². The van der Waals surface area contributed by atoms with Gasteiger partial charge in [-0.15, -0.1) is 0 Å². The van der Waals surface area contributed by atoms with Gasteiger partial charge in [-0.2, -0.15) is 0 Å². The van der Waals surface area contributed by atoms with Crippen molar-refractivity contribution in [3.8, 4) is 0 Å². The van der Waals surface area contributed by atoms with Gasteiger partial charge in [-0.3, -0.25) is 0 Å². The van der Waals surface area contributed by atoms with Gasteiger partial charge in [0.2, 0.25) is 0 Å². The van der Waals surface area contributed by atoms with E-state index in [0.29, 0.717) is 0 Å². The Hall–Kier alpha value is 0. The molecule has 0 saturated heterocycles. The van der Waals surface area contributed by atoms with Crippen LogP contribution in [0, 0.1) is 12.3 Å². The summed E-state index contributed by atoms with van der Waals surface area (Å²) in [6, 6.07) is 0. The van der Waals surface area contributed by atoms with E-state index in [2.05, 4.69) is 13.3 Å². The lowest BCUT2D eigenvalue weighted by Gasteiger charge is -2.11. The summed E-state index contributed by atoms with van der Waals surface area (Å²) >= 11 is 0. The Kier molecular flexibility index (Phi) is 4.65. The molecular formula is C11H21. The predicted octanol–water partition coefficient (Wildman–Crippen LogP) is 3.96. The van der Waals surface area contributed by atoms with E-state index in [0.717, 1.165) is 5.92 Å². The Morgan fingerprint density at radius 3 is 2.27 bits per heavy atom. The maximum absolute atomic E-state index is 2.56. The van der Waals surface area contributed by atoms with Crippen LogP contribution in [0.2, 0.25) is 0 Å². The van der Waals surface area contributed by atoms with E-state index in [1.807, 2.05) is 0 Å². The molecule has 0 aromatic carbocycles. The van der Waals surface area contributed by atoms with Crippen molar-refractivity contribution in [2.45, 2.75) is 58.3 Å². The van der Waals surface area contributed by atoms with Crippen LogP contribution in [0.4, 0.5) is 0 Å². The van der Waals surface area contributed by atoms with Crippen molar-refractivity contribution in [1.29, 1.82) is 0 Å². The average Bonchev–Trinajstić information content (AvgIpc) is 2.28. The zero-order chi connectivity index (χ0) is 7.94. The number of hydrogen-bond acceptors (Lipinski definition) is 0. The smallest absolute Gasteiger partial charge is 0.0355 e. The molecule has 0 aliphatic heterocycles. The Labute approximate surface area is 71.4 Å². The van der Waals surface area contributed by atoms with Gasteiger partial charge in [0.15, 0.2) is 0 Å². The summed E-state index contributed by atoms with van der Waals surface area (Å²) in [6.45, 7) is 2.27. The fourth-order valence-electron chi connectivity index (χ4n) is 1.95. The number of hydrogen-bond donors (Lipinski definition) is 0. The maximum atomic E-state index is 2.56. The Morgan fingerprint density at radius 2 is 1.73 bits per heavy atom. The van der Waals surface area contributed by atoms with E-state index in [1.165, 1.54) is 51.4 Å². The molecule has 0 spiro atoms. The third kappa shape index (κ3) is 3.79. The van der Waals surface area contributed by atoms with Crippen molar-refractivity contribution < 1.29 is 0 Å². The largest absolute Gasteiger partial charge is 0.0654 e. The highest BCUT2D eigenvalue weighted by Crippen LogP contribution is 2.25. The van der Waals surface area contributed by atoms with Crippen LogP contribution in [0.15, 0.2) is 0 Å². The third-order valence-corrected chi connectivity index (χ3v) is 2.69. The first-order chi connectivity index (χ1) is 5.43. The highest BCUT2D eigenvalue weighted by molar-refractivity contribution is 4.77. The van der Waals surface area contributed by atoms with Gasteiger partial charge >= 0.3 is 0 Å². The lowest BCUT2D eigenvalue weighted by molar-refractivity contribution is 0.504. The molecule has 0 heterocycles. The molecule has 1 fully saturated rings. The summed E-state index contributed by atoms with van der Waals surface area (Å²) in [5.41, 5.74) is 0. The quantitative estimate of drug-likeness (QED) is 0.538. The standard InChI is InChI=1S/C11H21/c1-2-3-8-11-9-6-4-5-7-10-11/h8,11H,2-7,9-10H2,1H3. The van der Waals surface area contributed by atoms with E-state index in [-0.39, 0.29) is 0 Å². The molecule has 0 nitrogen and oxygen atoms in total. The molecule has 0 aromatic rings. The fraction of sp³-hybridized carbons (Fsp3) is 0.909. The minimum Gasteiger partial charge on any atom is -0.0654 e.